The van der Waals surface area contributed by atoms with Crippen LogP contribution in [-0.4, -0.2) is 41.8 Å². The fraction of sp³-hybridized carbons (Fsp3) is 0.423. The summed E-state index contributed by atoms with van der Waals surface area (Å²) < 4.78 is 5.64. The van der Waals surface area contributed by atoms with E-state index in [1.807, 2.05) is 24.3 Å². The minimum atomic E-state index is -1.05. The van der Waals surface area contributed by atoms with Crippen LogP contribution >= 0.6 is 0 Å². The van der Waals surface area contributed by atoms with Crippen molar-refractivity contribution in [3.05, 3.63) is 59.7 Å². The van der Waals surface area contributed by atoms with Crippen molar-refractivity contribution in [2.24, 2.45) is 5.41 Å². The van der Waals surface area contributed by atoms with Gasteiger partial charge in [-0.2, -0.15) is 0 Å². The Morgan fingerprint density at radius 1 is 1.03 bits per heavy atom. The third kappa shape index (κ3) is 4.72. The predicted molar refractivity (Wildman–Crippen MR) is 124 cm³/mol. The summed E-state index contributed by atoms with van der Waals surface area (Å²) in [6.45, 7) is 3.37. The monoisotopic (exact) mass is 450 g/mol. The topological polar surface area (TPSA) is 105 Å². The molecule has 0 bridgehead atoms. The summed E-state index contributed by atoms with van der Waals surface area (Å²) in [4.78, 5) is 36.4. The Hall–Kier alpha value is -3.35. The second-order valence-electron chi connectivity index (χ2n) is 9.73. The first kappa shape index (κ1) is 22.8. The van der Waals surface area contributed by atoms with Crippen LogP contribution in [0.15, 0.2) is 48.5 Å². The van der Waals surface area contributed by atoms with Gasteiger partial charge in [0.15, 0.2) is 0 Å². The number of hydrogen-bond donors (Lipinski definition) is 3. The van der Waals surface area contributed by atoms with Gasteiger partial charge in [0, 0.05) is 18.9 Å². The molecular weight excluding hydrogens is 420 g/mol. The number of benzene rings is 2. The van der Waals surface area contributed by atoms with E-state index in [-0.39, 0.29) is 31.4 Å². The van der Waals surface area contributed by atoms with Crippen LogP contribution in [0.4, 0.5) is 4.79 Å². The van der Waals surface area contributed by atoms with Crippen LogP contribution in [0.25, 0.3) is 11.1 Å². The highest BCUT2D eigenvalue weighted by atomic mass is 16.5. The van der Waals surface area contributed by atoms with Crippen LogP contribution < -0.4 is 10.6 Å². The molecular formula is C26H30N2O5. The summed E-state index contributed by atoms with van der Waals surface area (Å²) in [7, 11) is 0. The number of aliphatic carboxylic acids is 1. The molecule has 0 radical (unpaired) electrons. The highest BCUT2D eigenvalue weighted by Gasteiger charge is 2.41. The molecule has 33 heavy (non-hydrogen) atoms. The van der Waals surface area contributed by atoms with Gasteiger partial charge >= 0.3 is 12.1 Å². The number of nitrogens with one attached hydrogen (secondary N) is 2. The molecule has 0 saturated heterocycles. The molecule has 2 aromatic carbocycles. The van der Waals surface area contributed by atoms with Gasteiger partial charge in [-0.15, -0.1) is 0 Å². The first-order chi connectivity index (χ1) is 15.7. The van der Waals surface area contributed by atoms with Gasteiger partial charge in [0.1, 0.15) is 6.61 Å². The highest BCUT2D eigenvalue weighted by molar-refractivity contribution is 5.81. The zero-order chi connectivity index (χ0) is 23.6. The molecule has 0 unspecified atom stereocenters. The van der Waals surface area contributed by atoms with E-state index in [1.54, 1.807) is 13.8 Å². The molecule has 0 aliphatic heterocycles. The van der Waals surface area contributed by atoms with Gasteiger partial charge in [0.2, 0.25) is 5.91 Å². The molecule has 0 atom stereocenters. The van der Waals surface area contributed by atoms with E-state index < -0.39 is 23.0 Å². The Morgan fingerprint density at radius 2 is 1.61 bits per heavy atom. The lowest BCUT2D eigenvalue weighted by Crippen LogP contribution is -2.56. The quantitative estimate of drug-likeness (QED) is 0.562. The van der Waals surface area contributed by atoms with Gasteiger partial charge in [0.25, 0.3) is 0 Å². The molecule has 3 N–H and O–H groups in total. The largest absolute Gasteiger partial charge is 0.481 e. The van der Waals surface area contributed by atoms with Crippen molar-refractivity contribution < 1.29 is 24.2 Å². The molecule has 1 fully saturated rings. The van der Waals surface area contributed by atoms with Gasteiger partial charge in [0.05, 0.1) is 11.0 Å². The predicted octanol–water partition coefficient (Wildman–Crippen LogP) is 4.06. The van der Waals surface area contributed by atoms with Crippen LogP contribution in [-0.2, 0) is 14.3 Å². The Bertz CT molecular complexity index is 1030. The smallest absolute Gasteiger partial charge is 0.407 e. The van der Waals surface area contributed by atoms with Gasteiger partial charge in [-0.3, -0.25) is 9.59 Å². The summed E-state index contributed by atoms with van der Waals surface area (Å²) in [5.74, 6) is -1.28. The molecule has 4 rings (SSSR count). The molecule has 0 spiro atoms. The number of alkyl carbamates (subject to hydrolysis) is 1. The van der Waals surface area contributed by atoms with Crippen LogP contribution in [0.2, 0.25) is 0 Å². The minimum Gasteiger partial charge on any atom is -0.481 e. The SMILES string of the molecule is CC(C)(CNC(=O)CC1(NC(=O)OCC2c3ccccc3-c3ccccc32)CCC1)C(=O)O. The number of fused-ring (bicyclic) bond motifs is 3. The summed E-state index contributed by atoms with van der Waals surface area (Å²) in [5.41, 5.74) is 2.93. The van der Waals surface area contributed by atoms with Gasteiger partial charge in [-0.05, 0) is 55.4 Å². The van der Waals surface area contributed by atoms with Gasteiger partial charge in [-0.25, -0.2) is 4.79 Å². The molecule has 2 aliphatic rings. The molecule has 0 heterocycles. The van der Waals surface area contributed by atoms with Crippen molar-refractivity contribution >= 4 is 18.0 Å². The van der Waals surface area contributed by atoms with E-state index in [1.165, 1.54) is 11.1 Å². The summed E-state index contributed by atoms with van der Waals surface area (Å²) in [6.07, 6.45) is 1.86. The van der Waals surface area contributed by atoms with Crippen molar-refractivity contribution in [3.63, 3.8) is 0 Å². The fourth-order valence-electron chi connectivity index (χ4n) is 4.57. The van der Waals surface area contributed by atoms with Crippen molar-refractivity contribution in [2.75, 3.05) is 13.2 Å². The number of carboxylic acid groups (broad SMARTS) is 1. The van der Waals surface area contributed by atoms with E-state index in [2.05, 4.69) is 34.9 Å². The maximum Gasteiger partial charge on any atom is 0.407 e. The lowest BCUT2D eigenvalue weighted by molar-refractivity contribution is -0.146. The number of carboxylic acids is 1. The Balaban J connectivity index is 1.35. The van der Waals surface area contributed by atoms with Crippen molar-refractivity contribution in [2.45, 2.75) is 51.0 Å². The number of amides is 2. The maximum atomic E-state index is 12.7. The average Bonchev–Trinajstić information content (AvgIpc) is 3.08. The lowest BCUT2D eigenvalue weighted by atomic mass is 9.74. The third-order valence-electron chi connectivity index (χ3n) is 6.83. The molecule has 7 nitrogen and oxygen atoms in total. The molecule has 1 saturated carbocycles. The standard InChI is InChI=1S/C26H30N2O5/c1-25(2,23(30)31)16-27-22(29)14-26(12-7-13-26)28-24(32)33-15-21-19-10-5-3-8-17(19)18-9-4-6-11-20(18)21/h3-6,8-11,21H,7,12-16H2,1-2H3,(H,27,29)(H,28,32)(H,30,31). The summed E-state index contributed by atoms with van der Waals surface area (Å²) in [5, 5.41) is 14.8. The van der Waals surface area contributed by atoms with E-state index in [0.29, 0.717) is 12.8 Å². The minimum absolute atomic E-state index is 0.0259. The van der Waals surface area contributed by atoms with E-state index in [0.717, 1.165) is 17.5 Å². The van der Waals surface area contributed by atoms with Crippen molar-refractivity contribution in [1.82, 2.24) is 10.6 Å². The second kappa shape index (κ2) is 8.89. The normalized spacial score (nSPS) is 16.2. The molecule has 7 heteroatoms. The Morgan fingerprint density at radius 3 is 2.12 bits per heavy atom. The molecule has 2 aliphatic carbocycles. The number of carbonyl (C=O) groups is 3. The number of rotatable bonds is 8. The Labute approximate surface area is 193 Å². The molecule has 0 aromatic heterocycles. The average molecular weight is 451 g/mol. The first-order valence-corrected chi connectivity index (χ1v) is 11.3. The van der Waals surface area contributed by atoms with Gasteiger partial charge in [-0.1, -0.05) is 48.5 Å². The summed E-state index contributed by atoms with van der Waals surface area (Å²) >= 11 is 0. The second-order valence-corrected chi connectivity index (χ2v) is 9.73. The van der Waals surface area contributed by atoms with Gasteiger partial charge < -0.3 is 20.5 Å². The lowest BCUT2D eigenvalue weighted by Gasteiger charge is -2.41. The number of carbonyl (C=O) groups excluding carboxylic acids is 2. The fourth-order valence-corrected chi connectivity index (χ4v) is 4.57. The summed E-state index contributed by atoms with van der Waals surface area (Å²) in [6, 6.07) is 16.3. The van der Waals surface area contributed by atoms with Crippen LogP contribution in [0.5, 0.6) is 0 Å². The Kier molecular flexibility index (Phi) is 6.15. The highest BCUT2D eigenvalue weighted by Crippen LogP contribution is 2.44. The maximum absolute atomic E-state index is 12.7. The van der Waals surface area contributed by atoms with Crippen LogP contribution in [0.1, 0.15) is 56.6 Å². The molecule has 2 aromatic rings. The third-order valence-corrected chi connectivity index (χ3v) is 6.83. The van der Waals surface area contributed by atoms with Crippen LogP contribution in [0, 0.1) is 5.41 Å². The number of hydrogen-bond acceptors (Lipinski definition) is 4. The molecule has 2 amide bonds. The molecule has 174 valence electrons. The van der Waals surface area contributed by atoms with E-state index in [9.17, 15) is 19.5 Å². The van der Waals surface area contributed by atoms with Crippen molar-refractivity contribution in [1.29, 1.82) is 0 Å². The first-order valence-electron chi connectivity index (χ1n) is 11.3. The van der Waals surface area contributed by atoms with E-state index in [4.69, 9.17) is 4.74 Å². The number of ether oxygens (including phenoxy) is 1. The van der Waals surface area contributed by atoms with Crippen molar-refractivity contribution in [3.8, 4) is 11.1 Å². The van der Waals surface area contributed by atoms with E-state index >= 15 is 0 Å². The van der Waals surface area contributed by atoms with Crippen LogP contribution in [0.3, 0.4) is 0 Å². The zero-order valence-electron chi connectivity index (χ0n) is 19.0. The zero-order valence-corrected chi connectivity index (χ0v) is 19.0.